The average Bonchev–Trinajstić information content (AvgIpc) is 2.41. The summed E-state index contributed by atoms with van der Waals surface area (Å²) in [6.07, 6.45) is 0. The van der Waals surface area contributed by atoms with Gasteiger partial charge in [0.1, 0.15) is 5.82 Å². The van der Waals surface area contributed by atoms with Gasteiger partial charge in [-0.1, -0.05) is 40.2 Å². The van der Waals surface area contributed by atoms with Crippen LogP contribution in [0.3, 0.4) is 0 Å². The van der Waals surface area contributed by atoms with E-state index in [9.17, 15) is 0 Å². The number of aromatic nitrogens is 1. The summed E-state index contributed by atoms with van der Waals surface area (Å²) in [4.78, 5) is 6.60. The Kier molecular flexibility index (Phi) is 4.61. The molecule has 0 saturated heterocycles. The predicted molar refractivity (Wildman–Crippen MR) is 80.0 cm³/mol. The second-order valence-corrected chi connectivity index (χ2v) is 5.19. The van der Waals surface area contributed by atoms with E-state index < -0.39 is 0 Å². The Hall–Kier alpha value is -1.06. The standard InChI is InChI=1S/C14H14BrClN2/c1-18(10-11-5-2-3-7-13(11)15)14-8-4-6-12(9-16)17-14/h2-8H,9-10H2,1H3. The number of hydrogen-bond donors (Lipinski definition) is 0. The van der Waals surface area contributed by atoms with Gasteiger partial charge in [0.2, 0.25) is 0 Å². The minimum absolute atomic E-state index is 0.441. The molecule has 2 nitrogen and oxygen atoms in total. The minimum Gasteiger partial charge on any atom is -0.355 e. The van der Waals surface area contributed by atoms with Crippen LogP contribution in [0.15, 0.2) is 46.9 Å². The SMILES string of the molecule is CN(Cc1ccccc1Br)c1cccc(CCl)n1. The Bertz CT molecular complexity index is 531. The van der Waals surface area contributed by atoms with Gasteiger partial charge in [-0.05, 0) is 23.8 Å². The summed E-state index contributed by atoms with van der Waals surface area (Å²) >= 11 is 9.36. The van der Waals surface area contributed by atoms with Crippen LogP contribution in [0.4, 0.5) is 5.82 Å². The Morgan fingerprint density at radius 2 is 1.94 bits per heavy atom. The Labute approximate surface area is 121 Å². The zero-order valence-electron chi connectivity index (χ0n) is 10.1. The van der Waals surface area contributed by atoms with Crippen molar-refractivity contribution < 1.29 is 0 Å². The van der Waals surface area contributed by atoms with Crippen molar-refractivity contribution in [2.75, 3.05) is 11.9 Å². The summed E-state index contributed by atoms with van der Waals surface area (Å²) in [7, 11) is 2.03. The van der Waals surface area contributed by atoms with Crippen LogP contribution in [-0.2, 0) is 12.4 Å². The Morgan fingerprint density at radius 1 is 1.17 bits per heavy atom. The third-order valence-electron chi connectivity index (χ3n) is 2.69. The van der Waals surface area contributed by atoms with Crippen LogP contribution in [-0.4, -0.2) is 12.0 Å². The van der Waals surface area contributed by atoms with Crippen molar-refractivity contribution in [2.45, 2.75) is 12.4 Å². The predicted octanol–water partition coefficient (Wildman–Crippen LogP) is 4.22. The fourth-order valence-electron chi connectivity index (χ4n) is 1.72. The van der Waals surface area contributed by atoms with Gasteiger partial charge in [-0.25, -0.2) is 4.98 Å². The zero-order valence-corrected chi connectivity index (χ0v) is 12.4. The van der Waals surface area contributed by atoms with E-state index in [2.05, 4.69) is 31.9 Å². The Balaban J connectivity index is 2.16. The van der Waals surface area contributed by atoms with Gasteiger partial charge < -0.3 is 4.90 Å². The van der Waals surface area contributed by atoms with Gasteiger partial charge in [0.15, 0.2) is 0 Å². The van der Waals surface area contributed by atoms with Gasteiger partial charge >= 0.3 is 0 Å². The van der Waals surface area contributed by atoms with Crippen molar-refractivity contribution in [3.8, 4) is 0 Å². The molecule has 1 aromatic heterocycles. The number of benzene rings is 1. The molecule has 1 heterocycles. The molecule has 0 unspecified atom stereocenters. The van der Waals surface area contributed by atoms with E-state index in [-0.39, 0.29) is 0 Å². The molecular weight excluding hydrogens is 312 g/mol. The van der Waals surface area contributed by atoms with Gasteiger partial charge in [0.05, 0.1) is 11.6 Å². The molecule has 4 heteroatoms. The molecule has 94 valence electrons. The van der Waals surface area contributed by atoms with E-state index in [0.29, 0.717) is 5.88 Å². The van der Waals surface area contributed by atoms with Crippen molar-refractivity contribution >= 4 is 33.3 Å². The van der Waals surface area contributed by atoms with E-state index in [1.54, 1.807) is 0 Å². The van der Waals surface area contributed by atoms with Crippen LogP contribution in [0.5, 0.6) is 0 Å². The number of alkyl halides is 1. The van der Waals surface area contributed by atoms with Crippen LogP contribution >= 0.6 is 27.5 Å². The first-order chi connectivity index (χ1) is 8.70. The van der Waals surface area contributed by atoms with Crippen LogP contribution in [0, 0.1) is 0 Å². The molecule has 0 aliphatic rings. The highest BCUT2D eigenvalue weighted by Crippen LogP contribution is 2.20. The van der Waals surface area contributed by atoms with E-state index in [1.807, 2.05) is 43.4 Å². The highest BCUT2D eigenvalue weighted by Gasteiger charge is 2.06. The first-order valence-corrected chi connectivity index (χ1v) is 7.00. The smallest absolute Gasteiger partial charge is 0.128 e. The van der Waals surface area contributed by atoms with E-state index in [0.717, 1.165) is 22.5 Å². The summed E-state index contributed by atoms with van der Waals surface area (Å²) in [5, 5.41) is 0. The quantitative estimate of drug-likeness (QED) is 0.782. The highest BCUT2D eigenvalue weighted by molar-refractivity contribution is 9.10. The summed E-state index contributed by atoms with van der Waals surface area (Å²) < 4.78 is 1.12. The molecule has 0 fully saturated rings. The maximum atomic E-state index is 5.80. The van der Waals surface area contributed by atoms with Gasteiger partial charge in [-0.15, -0.1) is 11.6 Å². The normalized spacial score (nSPS) is 10.4. The molecule has 2 aromatic rings. The summed E-state index contributed by atoms with van der Waals surface area (Å²) in [6, 6.07) is 14.1. The van der Waals surface area contributed by atoms with Gasteiger partial charge in [0.25, 0.3) is 0 Å². The molecule has 0 bridgehead atoms. The first kappa shape index (κ1) is 13.4. The van der Waals surface area contributed by atoms with Gasteiger partial charge in [-0.3, -0.25) is 0 Å². The number of rotatable bonds is 4. The third-order valence-corrected chi connectivity index (χ3v) is 3.73. The fourth-order valence-corrected chi connectivity index (χ4v) is 2.28. The average molecular weight is 326 g/mol. The maximum Gasteiger partial charge on any atom is 0.128 e. The van der Waals surface area contributed by atoms with Crippen molar-refractivity contribution in [3.63, 3.8) is 0 Å². The van der Waals surface area contributed by atoms with Gasteiger partial charge in [0, 0.05) is 18.1 Å². The van der Waals surface area contributed by atoms with Crippen molar-refractivity contribution in [1.82, 2.24) is 4.98 Å². The van der Waals surface area contributed by atoms with E-state index in [4.69, 9.17) is 11.6 Å². The maximum absolute atomic E-state index is 5.80. The monoisotopic (exact) mass is 324 g/mol. The van der Waals surface area contributed by atoms with Crippen LogP contribution in [0.2, 0.25) is 0 Å². The van der Waals surface area contributed by atoms with Crippen LogP contribution < -0.4 is 4.90 Å². The molecule has 0 atom stereocenters. The minimum atomic E-state index is 0.441. The number of halogens is 2. The molecule has 18 heavy (non-hydrogen) atoms. The molecule has 0 radical (unpaired) electrons. The zero-order chi connectivity index (χ0) is 13.0. The molecule has 0 N–H and O–H groups in total. The molecule has 0 amide bonds. The van der Waals surface area contributed by atoms with Crippen LogP contribution in [0.25, 0.3) is 0 Å². The largest absolute Gasteiger partial charge is 0.355 e. The molecule has 0 spiro atoms. The van der Waals surface area contributed by atoms with Crippen molar-refractivity contribution in [1.29, 1.82) is 0 Å². The topological polar surface area (TPSA) is 16.1 Å². The lowest BCUT2D eigenvalue weighted by molar-refractivity contribution is 0.887. The number of hydrogen-bond acceptors (Lipinski definition) is 2. The molecule has 2 rings (SSSR count). The number of pyridine rings is 1. The number of nitrogens with zero attached hydrogens (tertiary/aromatic N) is 2. The van der Waals surface area contributed by atoms with Crippen LogP contribution in [0.1, 0.15) is 11.3 Å². The lowest BCUT2D eigenvalue weighted by atomic mass is 10.2. The summed E-state index contributed by atoms with van der Waals surface area (Å²) in [5.74, 6) is 1.38. The molecule has 1 aromatic carbocycles. The molecule has 0 aliphatic heterocycles. The molecule has 0 saturated carbocycles. The summed E-state index contributed by atoms with van der Waals surface area (Å²) in [5.41, 5.74) is 2.13. The van der Waals surface area contributed by atoms with E-state index in [1.165, 1.54) is 5.56 Å². The Morgan fingerprint density at radius 3 is 2.67 bits per heavy atom. The molecule has 0 aliphatic carbocycles. The highest BCUT2D eigenvalue weighted by atomic mass is 79.9. The second kappa shape index (κ2) is 6.21. The third kappa shape index (κ3) is 3.24. The fraction of sp³-hybridized carbons (Fsp3) is 0.214. The van der Waals surface area contributed by atoms with Crippen molar-refractivity contribution in [2.24, 2.45) is 0 Å². The second-order valence-electron chi connectivity index (χ2n) is 4.07. The lowest BCUT2D eigenvalue weighted by Crippen LogP contribution is -2.18. The van der Waals surface area contributed by atoms with E-state index >= 15 is 0 Å². The van der Waals surface area contributed by atoms with Gasteiger partial charge in [-0.2, -0.15) is 0 Å². The number of anilines is 1. The van der Waals surface area contributed by atoms with Crippen molar-refractivity contribution in [3.05, 3.63) is 58.2 Å². The lowest BCUT2D eigenvalue weighted by Gasteiger charge is -2.19. The molecular formula is C14H14BrClN2. The first-order valence-electron chi connectivity index (χ1n) is 5.67. The summed E-state index contributed by atoms with van der Waals surface area (Å²) in [6.45, 7) is 0.806.